The molecule has 100 valence electrons. The molecule has 0 fully saturated rings. The Hall–Kier alpha value is -1.20. The van der Waals surface area contributed by atoms with Crippen LogP contribution in [-0.2, 0) is 6.54 Å². The third kappa shape index (κ3) is 2.87. The highest BCUT2D eigenvalue weighted by molar-refractivity contribution is 9.10. The molecule has 0 atom stereocenters. The van der Waals surface area contributed by atoms with Gasteiger partial charge in [0.1, 0.15) is 13.2 Å². The Bertz CT molecular complexity index is 597. The molecule has 0 saturated carbocycles. The van der Waals surface area contributed by atoms with Crippen LogP contribution in [0.5, 0.6) is 11.5 Å². The molecule has 2 aromatic rings. The van der Waals surface area contributed by atoms with Gasteiger partial charge in [0.25, 0.3) is 0 Å². The number of hydrogen-bond acceptors (Lipinski definition) is 4. The summed E-state index contributed by atoms with van der Waals surface area (Å²) in [6.45, 7) is 4.16. The fraction of sp³-hybridized carbons (Fsp3) is 0.286. The van der Waals surface area contributed by atoms with Crippen LogP contribution in [-0.4, -0.2) is 13.2 Å². The second-order valence-corrected chi connectivity index (χ2v) is 6.57. The van der Waals surface area contributed by atoms with E-state index in [9.17, 15) is 0 Å². The summed E-state index contributed by atoms with van der Waals surface area (Å²) in [4.78, 5) is 2.65. The quantitative estimate of drug-likeness (QED) is 0.908. The number of rotatable bonds is 3. The van der Waals surface area contributed by atoms with Gasteiger partial charge in [0.15, 0.2) is 11.5 Å². The normalized spacial score (nSPS) is 13.4. The number of halogens is 1. The van der Waals surface area contributed by atoms with Gasteiger partial charge in [0.2, 0.25) is 0 Å². The summed E-state index contributed by atoms with van der Waals surface area (Å²) in [6.07, 6.45) is 0. The van der Waals surface area contributed by atoms with Gasteiger partial charge in [-0.1, -0.05) is 0 Å². The van der Waals surface area contributed by atoms with Gasteiger partial charge < -0.3 is 14.8 Å². The van der Waals surface area contributed by atoms with Crippen LogP contribution in [0.1, 0.15) is 9.75 Å². The largest absolute Gasteiger partial charge is 0.486 e. The molecule has 0 amide bonds. The maximum atomic E-state index is 5.59. The number of hydrogen-bond donors (Lipinski definition) is 1. The van der Waals surface area contributed by atoms with Gasteiger partial charge in [-0.15, -0.1) is 11.3 Å². The lowest BCUT2D eigenvalue weighted by atomic mass is 10.2. The Morgan fingerprint density at radius 3 is 2.63 bits per heavy atom. The summed E-state index contributed by atoms with van der Waals surface area (Å²) >= 11 is 5.37. The molecular formula is C14H14BrNO2S. The SMILES string of the molecule is Cc1ccc(CNc2cc3c(cc2Br)OCCO3)s1. The molecule has 1 aromatic carbocycles. The molecule has 0 aliphatic carbocycles. The number of aryl methyl sites for hydroxylation is 1. The predicted octanol–water partition coefficient (Wildman–Crippen LogP) is 4.20. The maximum absolute atomic E-state index is 5.59. The van der Waals surface area contributed by atoms with E-state index in [4.69, 9.17) is 9.47 Å². The van der Waals surface area contributed by atoms with E-state index in [1.165, 1.54) is 9.75 Å². The van der Waals surface area contributed by atoms with Crippen molar-refractivity contribution in [3.8, 4) is 11.5 Å². The Kier molecular flexibility index (Phi) is 3.66. The summed E-state index contributed by atoms with van der Waals surface area (Å²) in [7, 11) is 0. The van der Waals surface area contributed by atoms with Crippen LogP contribution >= 0.6 is 27.3 Å². The van der Waals surface area contributed by atoms with Crippen LogP contribution in [0.25, 0.3) is 0 Å². The highest BCUT2D eigenvalue weighted by atomic mass is 79.9. The first kappa shape index (κ1) is 12.8. The molecular weight excluding hydrogens is 326 g/mol. The van der Waals surface area contributed by atoms with Gasteiger partial charge >= 0.3 is 0 Å². The molecule has 3 rings (SSSR count). The van der Waals surface area contributed by atoms with Crippen molar-refractivity contribution in [1.82, 2.24) is 0 Å². The molecule has 0 saturated heterocycles. The molecule has 0 bridgehead atoms. The van der Waals surface area contributed by atoms with Gasteiger partial charge in [-0.2, -0.15) is 0 Å². The molecule has 0 radical (unpaired) electrons. The standard InChI is InChI=1S/C14H14BrNO2S/c1-9-2-3-10(19-9)8-16-12-7-14-13(6-11(12)15)17-4-5-18-14/h2-3,6-7,16H,4-5,8H2,1H3. The van der Waals surface area contributed by atoms with Crippen LogP contribution in [0, 0.1) is 6.92 Å². The number of benzene rings is 1. The molecule has 5 heteroatoms. The zero-order valence-electron chi connectivity index (χ0n) is 10.5. The van der Waals surface area contributed by atoms with Crippen molar-refractivity contribution < 1.29 is 9.47 Å². The van der Waals surface area contributed by atoms with Crippen molar-refractivity contribution in [2.45, 2.75) is 13.5 Å². The lowest BCUT2D eigenvalue weighted by Gasteiger charge is -2.20. The van der Waals surface area contributed by atoms with Crippen molar-refractivity contribution >= 4 is 33.0 Å². The molecule has 19 heavy (non-hydrogen) atoms. The van der Waals surface area contributed by atoms with Crippen LogP contribution in [0.2, 0.25) is 0 Å². The highest BCUT2D eigenvalue weighted by Gasteiger charge is 2.14. The molecule has 0 unspecified atom stereocenters. The Morgan fingerprint density at radius 2 is 1.95 bits per heavy atom. The minimum Gasteiger partial charge on any atom is -0.486 e. The van der Waals surface area contributed by atoms with Crippen molar-refractivity contribution in [3.05, 3.63) is 38.5 Å². The van der Waals surface area contributed by atoms with E-state index in [-0.39, 0.29) is 0 Å². The summed E-state index contributed by atoms with van der Waals surface area (Å²) in [6, 6.07) is 8.23. The lowest BCUT2D eigenvalue weighted by molar-refractivity contribution is 0.171. The lowest BCUT2D eigenvalue weighted by Crippen LogP contribution is -2.15. The van der Waals surface area contributed by atoms with E-state index in [2.05, 4.69) is 40.3 Å². The fourth-order valence-corrected chi connectivity index (χ4v) is 3.25. The maximum Gasteiger partial charge on any atom is 0.163 e. The summed E-state index contributed by atoms with van der Waals surface area (Å²) in [5.41, 5.74) is 1.02. The second-order valence-electron chi connectivity index (χ2n) is 4.34. The van der Waals surface area contributed by atoms with Crippen molar-refractivity contribution in [2.24, 2.45) is 0 Å². The first-order valence-corrected chi connectivity index (χ1v) is 7.71. The van der Waals surface area contributed by atoms with Gasteiger partial charge in [0, 0.05) is 32.9 Å². The van der Waals surface area contributed by atoms with Crippen LogP contribution in [0.15, 0.2) is 28.7 Å². The molecule has 1 N–H and O–H groups in total. The fourth-order valence-electron chi connectivity index (χ4n) is 1.96. The van der Waals surface area contributed by atoms with Gasteiger partial charge in [-0.3, -0.25) is 0 Å². The highest BCUT2D eigenvalue weighted by Crippen LogP contribution is 2.38. The van der Waals surface area contributed by atoms with E-state index in [1.807, 2.05) is 23.5 Å². The zero-order valence-corrected chi connectivity index (χ0v) is 12.9. The third-order valence-corrected chi connectivity index (χ3v) is 4.54. The summed E-state index contributed by atoms with van der Waals surface area (Å²) in [5, 5.41) is 3.42. The van der Waals surface area contributed by atoms with E-state index in [1.54, 1.807) is 0 Å². The molecule has 2 heterocycles. The predicted molar refractivity (Wildman–Crippen MR) is 81.5 cm³/mol. The number of ether oxygens (including phenoxy) is 2. The van der Waals surface area contributed by atoms with E-state index in [0.29, 0.717) is 13.2 Å². The smallest absolute Gasteiger partial charge is 0.163 e. The molecule has 1 aromatic heterocycles. The van der Waals surface area contributed by atoms with E-state index in [0.717, 1.165) is 28.2 Å². The van der Waals surface area contributed by atoms with E-state index >= 15 is 0 Å². The molecule has 3 nitrogen and oxygen atoms in total. The number of nitrogens with one attached hydrogen (secondary N) is 1. The zero-order chi connectivity index (χ0) is 13.2. The van der Waals surface area contributed by atoms with Crippen molar-refractivity contribution in [3.63, 3.8) is 0 Å². The number of thiophene rings is 1. The van der Waals surface area contributed by atoms with Crippen LogP contribution in [0.3, 0.4) is 0 Å². The van der Waals surface area contributed by atoms with Gasteiger partial charge in [-0.25, -0.2) is 0 Å². The summed E-state index contributed by atoms with van der Waals surface area (Å²) in [5.74, 6) is 1.61. The van der Waals surface area contributed by atoms with Crippen molar-refractivity contribution in [1.29, 1.82) is 0 Å². The first-order chi connectivity index (χ1) is 9.22. The Morgan fingerprint density at radius 1 is 1.21 bits per heavy atom. The number of anilines is 1. The van der Waals surface area contributed by atoms with Crippen LogP contribution in [0.4, 0.5) is 5.69 Å². The van der Waals surface area contributed by atoms with Crippen LogP contribution < -0.4 is 14.8 Å². The average Bonchev–Trinajstić information content (AvgIpc) is 2.82. The second kappa shape index (κ2) is 5.43. The van der Waals surface area contributed by atoms with E-state index < -0.39 is 0 Å². The van der Waals surface area contributed by atoms with Crippen molar-refractivity contribution in [2.75, 3.05) is 18.5 Å². The Labute approximate surface area is 124 Å². The monoisotopic (exact) mass is 339 g/mol. The Balaban J connectivity index is 1.77. The number of fused-ring (bicyclic) bond motifs is 1. The molecule has 1 aliphatic heterocycles. The average molecular weight is 340 g/mol. The molecule has 1 aliphatic rings. The van der Waals surface area contributed by atoms with Gasteiger partial charge in [0.05, 0.1) is 5.69 Å². The topological polar surface area (TPSA) is 30.5 Å². The third-order valence-electron chi connectivity index (χ3n) is 2.88. The minimum absolute atomic E-state index is 0.609. The minimum atomic E-state index is 0.609. The first-order valence-electron chi connectivity index (χ1n) is 6.11. The van der Waals surface area contributed by atoms with Gasteiger partial charge in [-0.05, 0) is 35.0 Å². The molecule has 0 spiro atoms. The summed E-state index contributed by atoms with van der Waals surface area (Å²) < 4.78 is 12.1.